The van der Waals surface area contributed by atoms with E-state index >= 15 is 0 Å². The SMILES string of the molecule is CCCCCC[n+]1ccc(-c2cc(-c3ccc(C)cc3)[n+](-c3cc[n+](CCCCCC)cc3)c3c2CCc2ccccc2-3)cc1.F[B-](F)(F)F.F[B-](F)(F)F.F[B-](F)(F)F. The van der Waals surface area contributed by atoms with E-state index in [-0.39, 0.29) is 0 Å². The summed E-state index contributed by atoms with van der Waals surface area (Å²) in [5, 5.41) is 0. The molecular weight excluding hydrogens is 807 g/mol. The van der Waals surface area contributed by atoms with Gasteiger partial charge < -0.3 is 51.8 Å². The Kier molecular flexibility index (Phi) is 19.3. The highest BCUT2D eigenvalue weighted by atomic mass is 19.5. The minimum Gasteiger partial charge on any atom is -0.418 e. The number of fused-ring (bicyclic) bond motifs is 3. The molecule has 0 amide bonds. The maximum absolute atomic E-state index is 9.75. The largest absolute Gasteiger partial charge is 0.673 e. The summed E-state index contributed by atoms with van der Waals surface area (Å²) >= 11 is 0. The van der Waals surface area contributed by atoms with Crippen LogP contribution < -0.4 is 13.7 Å². The molecular formula is C42H50B3F12N3. The molecule has 0 radical (unpaired) electrons. The maximum atomic E-state index is 9.75. The van der Waals surface area contributed by atoms with E-state index in [9.17, 15) is 51.8 Å². The first-order valence-corrected chi connectivity index (χ1v) is 20.0. The van der Waals surface area contributed by atoms with Crippen LogP contribution in [0.4, 0.5) is 51.8 Å². The lowest BCUT2D eigenvalue weighted by Gasteiger charge is -2.22. The second-order valence-corrected chi connectivity index (χ2v) is 14.4. The van der Waals surface area contributed by atoms with E-state index in [1.807, 2.05) is 0 Å². The molecule has 0 atom stereocenters. The van der Waals surface area contributed by atoms with E-state index in [0.717, 1.165) is 25.9 Å². The molecule has 2 aromatic carbocycles. The third kappa shape index (κ3) is 18.2. The molecule has 5 aromatic rings. The summed E-state index contributed by atoms with van der Waals surface area (Å²) in [5.74, 6) is 0. The van der Waals surface area contributed by atoms with Gasteiger partial charge in [0.1, 0.15) is 13.1 Å². The van der Waals surface area contributed by atoms with Crippen molar-refractivity contribution in [1.82, 2.24) is 0 Å². The highest BCUT2D eigenvalue weighted by molar-refractivity contribution is 6.50. The van der Waals surface area contributed by atoms with E-state index in [2.05, 4.69) is 138 Å². The van der Waals surface area contributed by atoms with Gasteiger partial charge >= 0.3 is 21.8 Å². The van der Waals surface area contributed by atoms with Gasteiger partial charge in [0.05, 0.1) is 17.7 Å². The van der Waals surface area contributed by atoms with Gasteiger partial charge in [-0.15, -0.1) is 0 Å². The molecule has 0 saturated heterocycles. The van der Waals surface area contributed by atoms with Crippen LogP contribution in [0.15, 0.2) is 104 Å². The van der Waals surface area contributed by atoms with E-state index in [0.29, 0.717) is 0 Å². The molecule has 326 valence electrons. The Morgan fingerprint density at radius 1 is 0.500 bits per heavy atom. The summed E-state index contributed by atoms with van der Waals surface area (Å²) in [4.78, 5) is 0. The first kappa shape index (κ1) is 49.6. The van der Waals surface area contributed by atoms with Gasteiger partial charge in [-0.1, -0.05) is 75.4 Å². The standard InChI is InChI=1S/C42H50N3.3BF4/c1-4-6-8-12-26-43-28-22-35(23-29-43)40-32-41(36-18-16-33(3)17-19-36)45(37-24-30-44(31-25-37)27-13-9-7-5-2)42-38-15-11-10-14-34(38)20-21-39(40)42;3*2-1(3,4)5/h10-11,14-19,22-25,28-32H,4-9,12-13,20-21,26-27H2,1-3H3;;;/q+3;3*-1. The van der Waals surface area contributed by atoms with Crippen LogP contribution in [0.3, 0.4) is 0 Å². The predicted octanol–water partition coefficient (Wildman–Crippen LogP) is 13.0. The quantitative estimate of drug-likeness (QED) is 0.0484. The molecule has 3 nitrogen and oxygen atoms in total. The zero-order valence-electron chi connectivity index (χ0n) is 33.9. The van der Waals surface area contributed by atoms with Gasteiger partial charge in [-0.25, -0.2) is 9.13 Å². The first-order chi connectivity index (χ1) is 28.2. The number of aromatic nitrogens is 3. The number of aryl methyl sites for hydroxylation is 4. The second kappa shape index (κ2) is 23.3. The van der Waals surface area contributed by atoms with Crippen molar-refractivity contribution in [3.8, 4) is 39.3 Å². The van der Waals surface area contributed by atoms with Crippen LogP contribution in [0.2, 0.25) is 0 Å². The average molecular weight is 857 g/mol. The monoisotopic (exact) mass is 857 g/mol. The molecule has 0 N–H and O–H groups in total. The second-order valence-electron chi connectivity index (χ2n) is 14.4. The number of benzene rings is 2. The highest BCUT2D eigenvalue weighted by Gasteiger charge is 2.34. The number of pyridine rings is 3. The van der Waals surface area contributed by atoms with Crippen LogP contribution in [-0.2, 0) is 25.9 Å². The predicted molar refractivity (Wildman–Crippen MR) is 216 cm³/mol. The average Bonchev–Trinajstić information content (AvgIpc) is 3.16. The zero-order valence-corrected chi connectivity index (χ0v) is 33.9. The van der Waals surface area contributed by atoms with Crippen molar-refractivity contribution in [1.29, 1.82) is 0 Å². The number of hydrogen-bond acceptors (Lipinski definition) is 0. The van der Waals surface area contributed by atoms with E-state index in [4.69, 9.17) is 0 Å². The molecule has 1 aliphatic rings. The van der Waals surface area contributed by atoms with Crippen molar-refractivity contribution < 1.29 is 65.5 Å². The Morgan fingerprint density at radius 2 is 0.967 bits per heavy atom. The zero-order chi connectivity index (χ0) is 44.5. The number of rotatable bonds is 13. The number of hydrogen-bond donors (Lipinski definition) is 0. The molecule has 60 heavy (non-hydrogen) atoms. The maximum Gasteiger partial charge on any atom is 0.673 e. The number of halogens is 12. The fraction of sp³-hybridized carbons (Fsp3) is 0.357. The molecule has 0 fully saturated rings. The Morgan fingerprint density at radius 3 is 1.45 bits per heavy atom. The Hall–Kier alpha value is -4.76. The van der Waals surface area contributed by atoms with Gasteiger partial charge in [-0.2, -0.15) is 4.57 Å². The van der Waals surface area contributed by atoms with Gasteiger partial charge in [-0.05, 0) is 67.5 Å². The molecule has 6 rings (SSSR count). The minimum atomic E-state index is -6.00. The lowest BCUT2D eigenvalue weighted by atomic mass is 9.83. The van der Waals surface area contributed by atoms with Crippen LogP contribution in [0.1, 0.15) is 81.9 Å². The molecule has 1 aliphatic carbocycles. The summed E-state index contributed by atoms with van der Waals surface area (Å²) in [7, 11) is -18.0. The van der Waals surface area contributed by atoms with Crippen LogP contribution in [0.5, 0.6) is 0 Å². The van der Waals surface area contributed by atoms with Crippen molar-refractivity contribution in [3.63, 3.8) is 0 Å². The Balaban J connectivity index is 0.000000550. The number of unbranched alkanes of at least 4 members (excludes halogenated alkanes) is 6. The summed E-state index contributed by atoms with van der Waals surface area (Å²) in [6.45, 7) is 8.88. The first-order valence-electron chi connectivity index (χ1n) is 20.0. The van der Waals surface area contributed by atoms with E-state index in [1.165, 1.54) is 107 Å². The molecule has 3 heterocycles. The summed E-state index contributed by atoms with van der Waals surface area (Å²) in [6.07, 6.45) is 21.5. The van der Waals surface area contributed by atoms with E-state index in [1.54, 1.807) is 0 Å². The van der Waals surface area contributed by atoms with Gasteiger partial charge in [0, 0.05) is 42.2 Å². The van der Waals surface area contributed by atoms with Crippen LogP contribution in [0.25, 0.3) is 39.3 Å². The van der Waals surface area contributed by atoms with Crippen molar-refractivity contribution in [2.75, 3.05) is 0 Å². The molecule has 3 aromatic heterocycles. The van der Waals surface area contributed by atoms with Crippen LogP contribution >= 0.6 is 0 Å². The Bertz CT molecular complexity index is 1990. The highest BCUT2D eigenvalue weighted by Crippen LogP contribution is 2.39. The third-order valence-electron chi connectivity index (χ3n) is 9.49. The lowest BCUT2D eigenvalue weighted by Crippen LogP contribution is -2.41. The smallest absolute Gasteiger partial charge is 0.418 e. The molecule has 0 spiro atoms. The molecule has 0 saturated carbocycles. The Labute approximate surface area is 344 Å². The molecule has 0 bridgehead atoms. The van der Waals surface area contributed by atoms with Gasteiger partial charge in [0.25, 0.3) is 0 Å². The van der Waals surface area contributed by atoms with Crippen LogP contribution in [-0.4, -0.2) is 21.8 Å². The van der Waals surface area contributed by atoms with Gasteiger partial charge in [0.15, 0.2) is 24.8 Å². The van der Waals surface area contributed by atoms with E-state index < -0.39 is 21.8 Å². The summed E-state index contributed by atoms with van der Waals surface area (Å²) in [6, 6.07) is 29.9. The molecule has 0 unspecified atom stereocenters. The minimum absolute atomic E-state index is 1.03. The number of nitrogens with zero attached hydrogens (tertiary/aromatic N) is 3. The van der Waals surface area contributed by atoms with Gasteiger partial charge in [0.2, 0.25) is 17.1 Å². The van der Waals surface area contributed by atoms with Crippen molar-refractivity contribution in [2.24, 2.45) is 0 Å². The fourth-order valence-electron chi connectivity index (χ4n) is 6.87. The van der Waals surface area contributed by atoms with Crippen LogP contribution in [0, 0.1) is 6.92 Å². The summed E-state index contributed by atoms with van der Waals surface area (Å²) in [5.41, 5.74) is 13.2. The molecule has 0 aliphatic heterocycles. The van der Waals surface area contributed by atoms with Crippen molar-refractivity contribution in [3.05, 3.63) is 120 Å². The van der Waals surface area contributed by atoms with Crippen molar-refractivity contribution in [2.45, 2.75) is 98.1 Å². The fourth-order valence-corrected chi connectivity index (χ4v) is 6.87. The summed E-state index contributed by atoms with van der Waals surface area (Å²) < 4.78 is 124. The topological polar surface area (TPSA) is 11.6 Å². The molecule has 18 heteroatoms. The third-order valence-corrected chi connectivity index (χ3v) is 9.49. The van der Waals surface area contributed by atoms with Gasteiger partial charge in [-0.3, -0.25) is 0 Å². The van der Waals surface area contributed by atoms with Crippen molar-refractivity contribution >= 4 is 21.8 Å². The lowest BCUT2D eigenvalue weighted by molar-refractivity contribution is -0.698. The normalized spacial score (nSPS) is 12.1.